The number of likely N-dealkylation sites (tertiary alicyclic amines) is 1. The molecule has 5 rings (SSSR count). The van der Waals surface area contributed by atoms with Crippen LogP contribution in [0.1, 0.15) is 19.3 Å². The lowest BCUT2D eigenvalue weighted by molar-refractivity contribution is 0.170. The monoisotopic (exact) mass is 491 g/mol. The fourth-order valence-electron chi connectivity index (χ4n) is 4.27. The Morgan fingerprint density at radius 1 is 1.17 bits per heavy atom. The van der Waals surface area contributed by atoms with Gasteiger partial charge in [-0.15, -0.1) is 0 Å². The van der Waals surface area contributed by atoms with Gasteiger partial charge < -0.3 is 5.32 Å². The molecular formula is C21H23BrClN5S. The van der Waals surface area contributed by atoms with Crippen molar-refractivity contribution in [1.29, 1.82) is 0 Å². The van der Waals surface area contributed by atoms with Crippen LogP contribution in [0.2, 0.25) is 5.02 Å². The highest BCUT2D eigenvalue weighted by Crippen LogP contribution is 2.31. The maximum absolute atomic E-state index is 6.44. The molecule has 1 atom stereocenters. The van der Waals surface area contributed by atoms with Gasteiger partial charge in [0.25, 0.3) is 0 Å². The highest BCUT2D eigenvalue weighted by atomic mass is 79.9. The molecule has 4 heterocycles. The first-order valence-corrected chi connectivity index (χ1v) is 12.4. The molecule has 152 valence electrons. The van der Waals surface area contributed by atoms with Crippen molar-refractivity contribution >= 4 is 50.8 Å². The second kappa shape index (κ2) is 8.46. The van der Waals surface area contributed by atoms with Gasteiger partial charge in [0.05, 0.1) is 16.4 Å². The smallest absolute Gasteiger partial charge is 0.172 e. The summed E-state index contributed by atoms with van der Waals surface area (Å²) in [7, 11) is 0. The van der Waals surface area contributed by atoms with Gasteiger partial charge >= 0.3 is 0 Å². The second-order valence-corrected chi connectivity index (χ2v) is 10.1. The van der Waals surface area contributed by atoms with E-state index in [1.807, 2.05) is 28.8 Å². The van der Waals surface area contributed by atoms with Crippen LogP contribution >= 0.6 is 39.3 Å². The predicted molar refractivity (Wildman–Crippen MR) is 125 cm³/mol. The quantitative estimate of drug-likeness (QED) is 0.543. The number of nitrogens with zero attached hydrogens (tertiary/aromatic N) is 4. The van der Waals surface area contributed by atoms with Gasteiger partial charge in [0, 0.05) is 47.6 Å². The van der Waals surface area contributed by atoms with Crippen LogP contribution in [0.4, 0.5) is 5.82 Å². The maximum Gasteiger partial charge on any atom is 0.172 e. The van der Waals surface area contributed by atoms with E-state index in [0.717, 1.165) is 59.2 Å². The molecule has 0 spiro atoms. The van der Waals surface area contributed by atoms with Gasteiger partial charge in [0.1, 0.15) is 5.82 Å². The van der Waals surface area contributed by atoms with E-state index in [0.29, 0.717) is 11.1 Å². The molecule has 1 aromatic carbocycles. The largest absolute Gasteiger partial charge is 0.367 e. The summed E-state index contributed by atoms with van der Waals surface area (Å²) in [6.07, 6.45) is 5.43. The van der Waals surface area contributed by atoms with Crippen molar-refractivity contribution in [3.05, 3.63) is 46.0 Å². The van der Waals surface area contributed by atoms with Crippen LogP contribution in [0.3, 0.4) is 0 Å². The van der Waals surface area contributed by atoms with Gasteiger partial charge in [0.2, 0.25) is 0 Å². The molecule has 0 amide bonds. The SMILES string of the molecule is Clc1ccccc1-c1cc(NC2CCN(C3CCSC3)CC2)n2ncc(Br)c2n1. The molecule has 0 radical (unpaired) electrons. The van der Waals surface area contributed by atoms with E-state index in [-0.39, 0.29) is 0 Å². The summed E-state index contributed by atoms with van der Waals surface area (Å²) in [5, 5.41) is 8.96. The molecule has 2 aromatic heterocycles. The standard InChI is InChI=1S/C21H23BrClN5S/c22-17-12-24-28-20(11-19(26-21(17)28)16-3-1-2-4-18(16)23)25-14-5-8-27(9-6-14)15-7-10-29-13-15/h1-4,11-12,14-15,25H,5-10,13H2. The number of hydrogen-bond donors (Lipinski definition) is 1. The van der Waals surface area contributed by atoms with Crippen molar-refractivity contribution in [1.82, 2.24) is 19.5 Å². The fourth-order valence-corrected chi connectivity index (χ4v) is 6.11. The maximum atomic E-state index is 6.44. The van der Waals surface area contributed by atoms with Crippen molar-refractivity contribution in [2.45, 2.75) is 31.3 Å². The lowest BCUT2D eigenvalue weighted by Gasteiger charge is -2.36. The Balaban J connectivity index is 1.40. The summed E-state index contributed by atoms with van der Waals surface area (Å²) in [6.45, 7) is 2.33. The van der Waals surface area contributed by atoms with Crippen LogP contribution in [-0.2, 0) is 0 Å². The Labute approximate surface area is 188 Å². The molecular weight excluding hydrogens is 470 g/mol. The van der Waals surface area contributed by atoms with E-state index in [2.05, 4.69) is 49.1 Å². The van der Waals surface area contributed by atoms with E-state index in [1.165, 1.54) is 17.9 Å². The van der Waals surface area contributed by atoms with Gasteiger partial charge in [-0.1, -0.05) is 29.8 Å². The fraction of sp³-hybridized carbons (Fsp3) is 0.429. The van der Waals surface area contributed by atoms with Crippen LogP contribution in [0.15, 0.2) is 41.0 Å². The minimum atomic E-state index is 0.438. The molecule has 1 unspecified atom stereocenters. The number of anilines is 1. The molecule has 0 aliphatic carbocycles. The van der Waals surface area contributed by atoms with Crippen LogP contribution in [0.5, 0.6) is 0 Å². The van der Waals surface area contributed by atoms with E-state index < -0.39 is 0 Å². The number of nitrogens with one attached hydrogen (secondary N) is 1. The summed E-state index contributed by atoms with van der Waals surface area (Å²) in [5.41, 5.74) is 2.58. The number of halogens is 2. The molecule has 3 aromatic rings. The molecule has 0 bridgehead atoms. The molecule has 5 nitrogen and oxygen atoms in total. The average molecular weight is 493 g/mol. The van der Waals surface area contributed by atoms with Gasteiger partial charge in [0.15, 0.2) is 5.65 Å². The zero-order chi connectivity index (χ0) is 19.8. The normalized spacial score (nSPS) is 21.1. The number of hydrogen-bond acceptors (Lipinski definition) is 5. The third-order valence-electron chi connectivity index (χ3n) is 5.88. The molecule has 2 saturated heterocycles. The Bertz CT molecular complexity index is 1010. The number of benzene rings is 1. The molecule has 1 N–H and O–H groups in total. The van der Waals surface area contributed by atoms with Crippen LogP contribution in [0, 0.1) is 0 Å². The number of piperidine rings is 1. The van der Waals surface area contributed by atoms with Gasteiger partial charge in [-0.05, 0) is 47.0 Å². The van der Waals surface area contributed by atoms with Crippen molar-refractivity contribution < 1.29 is 0 Å². The predicted octanol–water partition coefficient (Wildman–Crippen LogP) is 5.19. The van der Waals surface area contributed by atoms with E-state index in [9.17, 15) is 0 Å². The minimum absolute atomic E-state index is 0.438. The lowest BCUT2D eigenvalue weighted by Crippen LogP contribution is -2.44. The number of fused-ring (bicyclic) bond motifs is 1. The first-order valence-electron chi connectivity index (χ1n) is 10.1. The number of rotatable bonds is 4. The minimum Gasteiger partial charge on any atom is -0.367 e. The topological polar surface area (TPSA) is 45.5 Å². The van der Waals surface area contributed by atoms with Crippen molar-refractivity contribution in [3.8, 4) is 11.3 Å². The van der Waals surface area contributed by atoms with Crippen LogP contribution < -0.4 is 5.32 Å². The average Bonchev–Trinajstić information content (AvgIpc) is 3.40. The first-order chi connectivity index (χ1) is 14.2. The zero-order valence-electron chi connectivity index (χ0n) is 16.0. The van der Waals surface area contributed by atoms with E-state index in [4.69, 9.17) is 16.6 Å². The zero-order valence-corrected chi connectivity index (χ0v) is 19.2. The summed E-state index contributed by atoms with van der Waals surface area (Å²) in [4.78, 5) is 7.48. The van der Waals surface area contributed by atoms with Gasteiger partial charge in [-0.3, -0.25) is 4.90 Å². The third-order valence-corrected chi connectivity index (χ3v) is 7.92. The molecule has 2 fully saturated rings. The van der Waals surface area contributed by atoms with Crippen molar-refractivity contribution in [2.24, 2.45) is 0 Å². The molecule has 29 heavy (non-hydrogen) atoms. The van der Waals surface area contributed by atoms with Gasteiger partial charge in [-0.2, -0.15) is 21.4 Å². The highest BCUT2D eigenvalue weighted by Gasteiger charge is 2.28. The van der Waals surface area contributed by atoms with Crippen LogP contribution in [0.25, 0.3) is 16.9 Å². The number of thioether (sulfide) groups is 1. The number of aromatic nitrogens is 3. The molecule has 2 aliphatic heterocycles. The molecule has 0 saturated carbocycles. The van der Waals surface area contributed by atoms with E-state index >= 15 is 0 Å². The summed E-state index contributed by atoms with van der Waals surface area (Å²) in [6, 6.07) is 11.1. The summed E-state index contributed by atoms with van der Waals surface area (Å²) in [5.74, 6) is 3.58. The second-order valence-electron chi connectivity index (χ2n) is 7.71. The Morgan fingerprint density at radius 2 is 2.00 bits per heavy atom. The third kappa shape index (κ3) is 4.02. The molecule has 2 aliphatic rings. The Hall–Kier alpha value is -1.28. The van der Waals surface area contributed by atoms with Crippen LogP contribution in [-0.4, -0.2) is 56.2 Å². The Morgan fingerprint density at radius 3 is 2.76 bits per heavy atom. The summed E-state index contributed by atoms with van der Waals surface area (Å²) < 4.78 is 2.76. The highest BCUT2D eigenvalue weighted by molar-refractivity contribution is 9.10. The Kier molecular flexibility index (Phi) is 5.74. The van der Waals surface area contributed by atoms with E-state index in [1.54, 1.807) is 6.20 Å². The molecule has 8 heteroatoms. The summed E-state index contributed by atoms with van der Waals surface area (Å²) >= 11 is 12.1. The van der Waals surface area contributed by atoms with Crippen molar-refractivity contribution in [3.63, 3.8) is 0 Å². The first kappa shape index (κ1) is 19.7. The van der Waals surface area contributed by atoms with Crippen molar-refractivity contribution in [2.75, 3.05) is 29.9 Å². The lowest BCUT2D eigenvalue weighted by atomic mass is 10.0. The van der Waals surface area contributed by atoms with Gasteiger partial charge in [-0.25, -0.2) is 4.98 Å².